The first-order chi connectivity index (χ1) is 5.83. The van der Waals surface area contributed by atoms with Crippen molar-refractivity contribution in [1.82, 2.24) is 0 Å². The Labute approximate surface area is 82.1 Å². The average molecular weight is 235 g/mol. The second kappa shape index (κ2) is 5.73. The van der Waals surface area contributed by atoms with Crippen LogP contribution in [0.15, 0.2) is 12.2 Å². The van der Waals surface area contributed by atoms with Gasteiger partial charge in [-0.25, -0.2) is 0 Å². The molecule has 1 aliphatic rings. The fourth-order valence-corrected chi connectivity index (χ4v) is 1.25. The van der Waals surface area contributed by atoms with Crippen molar-refractivity contribution in [2.24, 2.45) is 0 Å². The van der Waals surface area contributed by atoms with E-state index in [9.17, 15) is 0 Å². The van der Waals surface area contributed by atoms with Gasteiger partial charge in [0.25, 0.3) is 0 Å². The Morgan fingerprint density at radius 3 is 3.00 bits per heavy atom. The number of ether oxygens (including phenoxy) is 2. The van der Waals surface area contributed by atoms with Crippen molar-refractivity contribution in [3.8, 4) is 0 Å². The van der Waals surface area contributed by atoms with Crippen molar-refractivity contribution in [3.63, 3.8) is 0 Å². The maximum Gasteiger partial charge on any atom is 0.158 e. The van der Waals surface area contributed by atoms with E-state index in [1.165, 1.54) is 12.8 Å². The van der Waals surface area contributed by atoms with Crippen LogP contribution in [-0.4, -0.2) is 24.8 Å². The van der Waals surface area contributed by atoms with E-state index in [0.717, 1.165) is 23.9 Å². The first kappa shape index (κ1) is 10.2. The van der Waals surface area contributed by atoms with Crippen LogP contribution in [-0.2, 0) is 9.47 Å². The van der Waals surface area contributed by atoms with Crippen LogP contribution in [0.5, 0.6) is 0 Å². The summed E-state index contributed by atoms with van der Waals surface area (Å²) in [6, 6.07) is 0. The molecule has 1 rings (SSSR count). The summed E-state index contributed by atoms with van der Waals surface area (Å²) in [7, 11) is 0. The quantitative estimate of drug-likeness (QED) is 0.550. The maximum absolute atomic E-state index is 5.48. The molecule has 0 aromatic heterocycles. The fraction of sp³-hybridized carbons (Fsp3) is 0.778. The summed E-state index contributed by atoms with van der Waals surface area (Å²) in [4.78, 5) is 0. The summed E-state index contributed by atoms with van der Waals surface area (Å²) >= 11 is 3.32. The van der Waals surface area contributed by atoms with Gasteiger partial charge >= 0.3 is 0 Å². The Morgan fingerprint density at radius 2 is 2.42 bits per heavy atom. The van der Waals surface area contributed by atoms with Crippen LogP contribution < -0.4 is 0 Å². The predicted molar refractivity (Wildman–Crippen MR) is 52.5 cm³/mol. The molecular formula is C9H15BrO2. The highest BCUT2D eigenvalue weighted by molar-refractivity contribution is 9.09. The molecule has 3 heteroatoms. The molecule has 1 atom stereocenters. The number of hydrogen-bond donors (Lipinski definition) is 0. The van der Waals surface area contributed by atoms with Gasteiger partial charge in [0.1, 0.15) is 0 Å². The SMILES string of the molecule is C=C(CBr)COC1CCCCO1. The standard InChI is InChI=1S/C9H15BrO2/c1-8(6-10)7-12-9-4-2-3-5-11-9/h9H,1-7H2. The summed E-state index contributed by atoms with van der Waals surface area (Å²) in [5.74, 6) is 0. The third-order valence-electron chi connectivity index (χ3n) is 1.80. The van der Waals surface area contributed by atoms with E-state index in [0.29, 0.717) is 6.61 Å². The second-order valence-electron chi connectivity index (χ2n) is 2.99. The highest BCUT2D eigenvalue weighted by atomic mass is 79.9. The Hall–Kier alpha value is 0.140. The number of halogens is 1. The molecule has 0 saturated carbocycles. The largest absolute Gasteiger partial charge is 0.353 e. The molecule has 0 amide bonds. The predicted octanol–water partition coefficient (Wildman–Crippen LogP) is 2.48. The lowest BCUT2D eigenvalue weighted by Gasteiger charge is -2.22. The minimum atomic E-state index is 0.00884. The molecule has 2 nitrogen and oxygen atoms in total. The van der Waals surface area contributed by atoms with Crippen molar-refractivity contribution in [2.75, 3.05) is 18.5 Å². The van der Waals surface area contributed by atoms with Crippen molar-refractivity contribution in [1.29, 1.82) is 0 Å². The van der Waals surface area contributed by atoms with Crippen LogP contribution in [0.1, 0.15) is 19.3 Å². The highest BCUT2D eigenvalue weighted by Gasteiger charge is 2.13. The number of hydrogen-bond acceptors (Lipinski definition) is 2. The van der Waals surface area contributed by atoms with Crippen LogP contribution >= 0.6 is 15.9 Å². The lowest BCUT2D eigenvalue weighted by molar-refractivity contribution is -0.156. The van der Waals surface area contributed by atoms with Crippen LogP contribution in [0, 0.1) is 0 Å². The lowest BCUT2D eigenvalue weighted by Crippen LogP contribution is -2.23. The molecule has 0 spiro atoms. The maximum atomic E-state index is 5.48. The van der Waals surface area contributed by atoms with Gasteiger partial charge in [-0.15, -0.1) is 0 Å². The summed E-state index contributed by atoms with van der Waals surface area (Å²) in [5, 5.41) is 0.805. The zero-order valence-electron chi connectivity index (χ0n) is 7.22. The van der Waals surface area contributed by atoms with Gasteiger partial charge in [-0.05, 0) is 24.8 Å². The van der Waals surface area contributed by atoms with Gasteiger partial charge in [-0.2, -0.15) is 0 Å². The van der Waals surface area contributed by atoms with Gasteiger partial charge in [-0.3, -0.25) is 0 Å². The first-order valence-corrected chi connectivity index (χ1v) is 5.41. The van der Waals surface area contributed by atoms with Crippen LogP contribution in [0.4, 0.5) is 0 Å². The van der Waals surface area contributed by atoms with E-state index in [2.05, 4.69) is 22.5 Å². The molecule has 0 aromatic rings. The Bertz CT molecular complexity index is 141. The topological polar surface area (TPSA) is 18.5 Å². The van der Waals surface area contributed by atoms with Crippen LogP contribution in [0.2, 0.25) is 0 Å². The molecule has 0 bridgehead atoms. The molecule has 1 unspecified atom stereocenters. The molecule has 0 radical (unpaired) electrons. The van der Waals surface area contributed by atoms with Crippen molar-refractivity contribution >= 4 is 15.9 Å². The van der Waals surface area contributed by atoms with Crippen molar-refractivity contribution in [3.05, 3.63) is 12.2 Å². The zero-order valence-corrected chi connectivity index (χ0v) is 8.81. The molecule has 1 fully saturated rings. The van der Waals surface area contributed by atoms with Crippen molar-refractivity contribution < 1.29 is 9.47 Å². The number of rotatable bonds is 4. The van der Waals surface area contributed by atoms with Gasteiger partial charge in [0.15, 0.2) is 6.29 Å². The molecule has 1 heterocycles. The molecule has 1 saturated heterocycles. The van der Waals surface area contributed by atoms with E-state index in [1.807, 2.05) is 0 Å². The van der Waals surface area contributed by atoms with Gasteiger partial charge < -0.3 is 9.47 Å². The van der Waals surface area contributed by atoms with Crippen LogP contribution in [0.3, 0.4) is 0 Å². The Balaban J connectivity index is 2.09. The zero-order chi connectivity index (χ0) is 8.81. The Kier molecular flexibility index (Phi) is 4.88. The smallest absolute Gasteiger partial charge is 0.158 e. The van der Waals surface area contributed by atoms with Gasteiger partial charge in [0.2, 0.25) is 0 Å². The van der Waals surface area contributed by atoms with E-state index in [-0.39, 0.29) is 6.29 Å². The lowest BCUT2D eigenvalue weighted by atomic mass is 10.2. The third kappa shape index (κ3) is 3.70. The minimum absolute atomic E-state index is 0.00884. The molecule has 1 aliphatic heterocycles. The first-order valence-electron chi connectivity index (χ1n) is 4.28. The van der Waals surface area contributed by atoms with E-state index >= 15 is 0 Å². The summed E-state index contributed by atoms with van der Waals surface area (Å²) in [6.45, 7) is 5.28. The second-order valence-corrected chi connectivity index (χ2v) is 3.55. The monoisotopic (exact) mass is 234 g/mol. The summed E-state index contributed by atoms with van der Waals surface area (Å²) < 4.78 is 10.9. The normalized spacial score (nSPS) is 23.9. The van der Waals surface area contributed by atoms with Gasteiger partial charge in [0.05, 0.1) is 6.61 Å². The number of alkyl halides is 1. The molecule has 12 heavy (non-hydrogen) atoms. The van der Waals surface area contributed by atoms with Crippen LogP contribution in [0.25, 0.3) is 0 Å². The molecule has 70 valence electrons. The fourth-order valence-electron chi connectivity index (χ4n) is 1.09. The van der Waals surface area contributed by atoms with E-state index in [4.69, 9.17) is 9.47 Å². The molecule has 0 N–H and O–H groups in total. The highest BCUT2D eigenvalue weighted by Crippen LogP contribution is 2.14. The third-order valence-corrected chi connectivity index (χ3v) is 2.59. The molecule has 0 aliphatic carbocycles. The Morgan fingerprint density at radius 1 is 1.58 bits per heavy atom. The molecule has 0 aromatic carbocycles. The van der Waals surface area contributed by atoms with Gasteiger partial charge in [0, 0.05) is 11.9 Å². The van der Waals surface area contributed by atoms with Crippen molar-refractivity contribution in [2.45, 2.75) is 25.6 Å². The summed E-state index contributed by atoms with van der Waals surface area (Å²) in [5.41, 5.74) is 1.06. The molecular weight excluding hydrogens is 220 g/mol. The average Bonchev–Trinajstić information content (AvgIpc) is 2.16. The van der Waals surface area contributed by atoms with E-state index < -0.39 is 0 Å². The van der Waals surface area contributed by atoms with E-state index in [1.54, 1.807) is 0 Å². The van der Waals surface area contributed by atoms with Gasteiger partial charge in [-0.1, -0.05) is 22.5 Å². The minimum Gasteiger partial charge on any atom is -0.353 e. The summed E-state index contributed by atoms with van der Waals surface area (Å²) in [6.07, 6.45) is 3.41.